The summed E-state index contributed by atoms with van der Waals surface area (Å²) >= 11 is 0. The molecule has 1 heterocycles. The van der Waals surface area contributed by atoms with Crippen molar-refractivity contribution in [3.63, 3.8) is 0 Å². The third-order valence-corrected chi connectivity index (χ3v) is 4.21. The predicted molar refractivity (Wildman–Crippen MR) is 96.8 cm³/mol. The number of aryl methyl sites for hydroxylation is 1. The molecule has 2 rings (SSSR count). The number of anilines is 2. The maximum Gasteiger partial charge on any atom is 0.410 e. The second kappa shape index (κ2) is 6.97. The number of nitro groups is 1. The molecule has 0 saturated carbocycles. The molecule has 1 fully saturated rings. The van der Waals surface area contributed by atoms with Gasteiger partial charge in [0.2, 0.25) is 0 Å². The van der Waals surface area contributed by atoms with E-state index in [1.807, 2.05) is 6.92 Å². The van der Waals surface area contributed by atoms with Crippen molar-refractivity contribution in [2.75, 3.05) is 30.3 Å². The molecule has 1 saturated heterocycles. The van der Waals surface area contributed by atoms with Gasteiger partial charge in [0.05, 0.1) is 10.6 Å². The largest absolute Gasteiger partial charge is 0.444 e. The lowest BCUT2D eigenvalue weighted by Crippen LogP contribution is -2.55. The van der Waals surface area contributed by atoms with Crippen molar-refractivity contribution < 1.29 is 18.8 Å². The molecule has 1 aromatic carbocycles. The van der Waals surface area contributed by atoms with Crippen molar-refractivity contribution in [1.82, 2.24) is 4.90 Å². The summed E-state index contributed by atoms with van der Waals surface area (Å²) in [6.45, 7) is 9.93. The zero-order valence-electron chi connectivity index (χ0n) is 15.7. The molecule has 1 atom stereocenters. The van der Waals surface area contributed by atoms with Crippen LogP contribution in [0.3, 0.4) is 0 Å². The van der Waals surface area contributed by atoms with Crippen LogP contribution in [0.4, 0.5) is 26.2 Å². The van der Waals surface area contributed by atoms with Crippen molar-refractivity contribution in [2.45, 2.75) is 46.3 Å². The summed E-state index contributed by atoms with van der Waals surface area (Å²) in [5.74, 6) is -0.797. The number of carbonyl (C=O) groups is 1. The Kier molecular flexibility index (Phi) is 5.29. The standard InChI is InChI=1S/C17H25FN4O4/c1-10-8-12(22(24)25)14(19)13(18)15(10)21-7-6-20(9-11(21)2)16(23)26-17(3,4)5/h8,11H,6-7,9,19H2,1-5H3. The number of carbonyl (C=O) groups excluding carboxylic acids is 1. The fourth-order valence-corrected chi connectivity index (χ4v) is 3.05. The Hall–Kier alpha value is -2.58. The van der Waals surface area contributed by atoms with E-state index in [9.17, 15) is 19.3 Å². The van der Waals surface area contributed by atoms with E-state index in [4.69, 9.17) is 10.5 Å². The quantitative estimate of drug-likeness (QED) is 0.489. The van der Waals surface area contributed by atoms with Crippen LogP contribution in [0.5, 0.6) is 0 Å². The highest BCUT2D eigenvalue weighted by atomic mass is 19.1. The second-order valence-corrected chi connectivity index (χ2v) is 7.51. The number of hydrogen-bond donors (Lipinski definition) is 1. The number of nitrogen functional groups attached to an aromatic ring is 1. The monoisotopic (exact) mass is 368 g/mol. The summed E-state index contributed by atoms with van der Waals surface area (Å²) < 4.78 is 20.1. The fraction of sp³-hybridized carbons (Fsp3) is 0.588. The summed E-state index contributed by atoms with van der Waals surface area (Å²) in [7, 11) is 0. The van der Waals surface area contributed by atoms with Crippen molar-refractivity contribution in [3.8, 4) is 0 Å². The first-order valence-corrected chi connectivity index (χ1v) is 8.40. The van der Waals surface area contributed by atoms with Crippen LogP contribution < -0.4 is 10.6 Å². The highest BCUT2D eigenvalue weighted by molar-refractivity contribution is 5.73. The molecule has 8 nitrogen and oxygen atoms in total. The molecule has 1 aromatic rings. The summed E-state index contributed by atoms with van der Waals surface area (Å²) in [5, 5.41) is 11.0. The van der Waals surface area contributed by atoms with Crippen LogP contribution in [0.2, 0.25) is 0 Å². The molecule has 26 heavy (non-hydrogen) atoms. The van der Waals surface area contributed by atoms with Gasteiger partial charge in [-0.3, -0.25) is 10.1 Å². The van der Waals surface area contributed by atoms with Gasteiger partial charge in [-0.15, -0.1) is 0 Å². The Morgan fingerprint density at radius 2 is 2.04 bits per heavy atom. The third kappa shape index (κ3) is 3.97. The summed E-state index contributed by atoms with van der Waals surface area (Å²) in [4.78, 5) is 25.9. The van der Waals surface area contributed by atoms with Gasteiger partial charge in [-0.05, 0) is 40.2 Å². The number of nitro benzene ring substituents is 1. The maximum absolute atomic E-state index is 14.7. The van der Waals surface area contributed by atoms with E-state index in [1.165, 1.54) is 6.07 Å². The molecule has 0 aromatic heterocycles. The van der Waals surface area contributed by atoms with Crippen LogP contribution >= 0.6 is 0 Å². The average molecular weight is 368 g/mol. The molecule has 1 unspecified atom stereocenters. The lowest BCUT2D eigenvalue weighted by Gasteiger charge is -2.42. The predicted octanol–water partition coefficient (Wildman–Crippen LogP) is 3.07. The molecular weight excluding hydrogens is 343 g/mol. The number of amides is 1. The Morgan fingerprint density at radius 1 is 1.42 bits per heavy atom. The molecule has 9 heteroatoms. The molecule has 1 aliphatic heterocycles. The second-order valence-electron chi connectivity index (χ2n) is 7.51. The van der Waals surface area contributed by atoms with E-state index in [0.29, 0.717) is 25.2 Å². The zero-order chi connectivity index (χ0) is 19.8. The topological polar surface area (TPSA) is 102 Å². The Bertz CT molecular complexity index is 732. The van der Waals surface area contributed by atoms with Crippen molar-refractivity contribution in [1.29, 1.82) is 0 Å². The number of piperazine rings is 1. The van der Waals surface area contributed by atoms with Gasteiger partial charge in [0.15, 0.2) is 5.82 Å². The van der Waals surface area contributed by atoms with Crippen LogP contribution in [-0.4, -0.2) is 47.2 Å². The average Bonchev–Trinajstić information content (AvgIpc) is 2.50. The molecule has 2 N–H and O–H groups in total. The first-order valence-electron chi connectivity index (χ1n) is 8.40. The van der Waals surface area contributed by atoms with Gasteiger partial charge in [-0.2, -0.15) is 0 Å². The maximum atomic E-state index is 14.7. The number of nitrogens with zero attached hydrogens (tertiary/aromatic N) is 3. The van der Waals surface area contributed by atoms with E-state index < -0.39 is 33.8 Å². The Morgan fingerprint density at radius 3 is 2.54 bits per heavy atom. The first-order chi connectivity index (χ1) is 11.9. The van der Waals surface area contributed by atoms with E-state index in [1.54, 1.807) is 37.5 Å². The van der Waals surface area contributed by atoms with Gasteiger partial charge in [0, 0.05) is 31.7 Å². The highest BCUT2D eigenvalue weighted by Crippen LogP contribution is 2.36. The minimum Gasteiger partial charge on any atom is -0.444 e. The number of hydrogen-bond acceptors (Lipinski definition) is 6. The summed E-state index contributed by atoms with van der Waals surface area (Å²) in [6.07, 6.45) is -0.413. The Balaban J connectivity index is 2.24. The molecule has 144 valence electrons. The van der Waals surface area contributed by atoms with Crippen LogP contribution in [0.15, 0.2) is 6.07 Å². The van der Waals surface area contributed by atoms with Crippen LogP contribution in [0.25, 0.3) is 0 Å². The number of nitrogens with two attached hydrogens (primary N) is 1. The number of rotatable bonds is 2. The van der Waals surface area contributed by atoms with Gasteiger partial charge >= 0.3 is 6.09 Å². The summed E-state index contributed by atoms with van der Waals surface area (Å²) in [5.41, 5.74) is 4.79. The van der Waals surface area contributed by atoms with Gasteiger partial charge < -0.3 is 20.3 Å². The van der Waals surface area contributed by atoms with Gasteiger partial charge in [0.1, 0.15) is 11.3 Å². The SMILES string of the molecule is Cc1cc([N+](=O)[O-])c(N)c(F)c1N1CCN(C(=O)OC(C)(C)C)CC1C. The Labute approximate surface area is 151 Å². The summed E-state index contributed by atoms with van der Waals surface area (Å²) in [6, 6.07) is 1.08. The van der Waals surface area contributed by atoms with E-state index >= 15 is 0 Å². The molecule has 1 aliphatic rings. The molecule has 0 bridgehead atoms. The number of benzene rings is 1. The van der Waals surface area contributed by atoms with E-state index in [2.05, 4.69) is 0 Å². The first kappa shape index (κ1) is 19.7. The van der Waals surface area contributed by atoms with E-state index in [0.717, 1.165) is 0 Å². The minimum atomic E-state index is -0.797. The van der Waals surface area contributed by atoms with Crippen molar-refractivity contribution >= 4 is 23.2 Å². The number of halogens is 1. The lowest BCUT2D eigenvalue weighted by atomic mass is 10.1. The normalized spacial score (nSPS) is 18.0. The molecule has 0 spiro atoms. The van der Waals surface area contributed by atoms with Crippen molar-refractivity contribution in [2.24, 2.45) is 0 Å². The molecule has 0 aliphatic carbocycles. The lowest BCUT2D eigenvalue weighted by molar-refractivity contribution is -0.384. The van der Waals surface area contributed by atoms with Crippen LogP contribution in [0, 0.1) is 22.9 Å². The van der Waals surface area contributed by atoms with Crippen LogP contribution in [0.1, 0.15) is 33.3 Å². The molecular formula is C17H25FN4O4. The molecule has 0 radical (unpaired) electrons. The number of ether oxygens (including phenoxy) is 1. The fourth-order valence-electron chi connectivity index (χ4n) is 3.05. The van der Waals surface area contributed by atoms with Gasteiger partial charge in [0.25, 0.3) is 5.69 Å². The van der Waals surface area contributed by atoms with E-state index in [-0.39, 0.29) is 11.7 Å². The minimum absolute atomic E-state index is 0.203. The van der Waals surface area contributed by atoms with Gasteiger partial charge in [-0.1, -0.05) is 0 Å². The third-order valence-electron chi connectivity index (χ3n) is 4.21. The zero-order valence-corrected chi connectivity index (χ0v) is 15.7. The van der Waals surface area contributed by atoms with Crippen molar-refractivity contribution in [3.05, 3.63) is 27.6 Å². The highest BCUT2D eigenvalue weighted by Gasteiger charge is 2.33. The van der Waals surface area contributed by atoms with Crippen LogP contribution in [-0.2, 0) is 4.74 Å². The van der Waals surface area contributed by atoms with Gasteiger partial charge in [-0.25, -0.2) is 9.18 Å². The smallest absolute Gasteiger partial charge is 0.410 e. The molecule has 1 amide bonds.